The average Bonchev–Trinajstić information content (AvgIpc) is 3.31. The van der Waals surface area contributed by atoms with Gasteiger partial charge >= 0.3 is 12.0 Å². The first-order chi connectivity index (χ1) is 21.6. The van der Waals surface area contributed by atoms with Crippen molar-refractivity contribution in [3.63, 3.8) is 0 Å². The van der Waals surface area contributed by atoms with Crippen LogP contribution in [0.4, 0.5) is 9.18 Å². The molecular weight excluding hydrogens is 571 g/mol. The highest BCUT2D eigenvalue weighted by molar-refractivity contribution is 5.92. The van der Waals surface area contributed by atoms with Crippen molar-refractivity contribution in [1.82, 2.24) is 9.80 Å². The third-order valence-corrected chi connectivity index (χ3v) is 9.44. The molecule has 1 atom stereocenters. The number of hydrogen-bond donors (Lipinski definition) is 0. The van der Waals surface area contributed by atoms with Crippen molar-refractivity contribution in [2.75, 3.05) is 26.2 Å². The lowest BCUT2D eigenvalue weighted by Gasteiger charge is -2.45. The molecule has 0 spiro atoms. The van der Waals surface area contributed by atoms with Crippen molar-refractivity contribution >= 4 is 17.8 Å². The predicted molar refractivity (Wildman–Crippen MR) is 169 cm³/mol. The number of carbonyl (C=O) groups excluding carboxylic acids is 3. The van der Waals surface area contributed by atoms with Gasteiger partial charge in [-0.3, -0.25) is 9.59 Å². The number of likely N-dealkylation sites (tertiary alicyclic amines) is 1. The quantitative estimate of drug-likeness (QED) is 0.264. The molecule has 3 aromatic rings. The van der Waals surface area contributed by atoms with Gasteiger partial charge < -0.3 is 19.3 Å². The van der Waals surface area contributed by atoms with E-state index in [1.165, 1.54) is 6.07 Å². The van der Waals surface area contributed by atoms with Crippen LogP contribution in [0, 0.1) is 11.7 Å². The molecule has 6 rings (SSSR count). The zero-order chi connectivity index (χ0) is 31.7. The molecule has 8 heteroatoms. The van der Waals surface area contributed by atoms with Crippen LogP contribution in [0.2, 0.25) is 0 Å². The number of fused-ring (bicyclic) bond motifs is 2. The first-order valence-corrected chi connectivity index (χ1v) is 16.0. The molecule has 0 bridgehead atoms. The molecule has 1 fully saturated rings. The van der Waals surface area contributed by atoms with Gasteiger partial charge in [0.25, 0.3) is 0 Å². The summed E-state index contributed by atoms with van der Waals surface area (Å²) < 4.78 is 26.4. The smallest absolute Gasteiger partial charge is 0.320 e. The van der Waals surface area contributed by atoms with Crippen LogP contribution in [0.15, 0.2) is 60.7 Å². The fraction of sp³-hybridized carbons (Fsp3) is 0.432. The number of urea groups is 1. The van der Waals surface area contributed by atoms with Crippen LogP contribution in [-0.2, 0) is 45.6 Å². The number of benzene rings is 3. The third kappa shape index (κ3) is 6.46. The van der Waals surface area contributed by atoms with Crippen molar-refractivity contribution in [2.24, 2.45) is 5.92 Å². The second-order valence-corrected chi connectivity index (χ2v) is 13.2. The number of nitrogens with zero attached hydrogens (tertiary/aromatic N) is 2. The van der Waals surface area contributed by atoms with Crippen molar-refractivity contribution in [2.45, 2.75) is 70.9 Å². The fourth-order valence-corrected chi connectivity index (χ4v) is 7.14. The molecule has 3 aliphatic rings. The van der Waals surface area contributed by atoms with Gasteiger partial charge in [0, 0.05) is 32.0 Å². The Hall–Kier alpha value is -4.20. The van der Waals surface area contributed by atoms with E-state index in [0.29, 0.717) is 38.2 Å². The number of esters is 1. The van der Waals surface area contributed by atoms with Crippen LogP contribution >= 0.6 is 0 Å². The summed E-state index contributed by atoms with van der Waals surface area (Å²) in [4.78, 5) is 43.7. The number of ether oxygens (including phenoxy) is 2. The summed E-state index contributed by atoms with van der Waals surface area (Å²) in [6.07, 6.45) is 2.52. The molecule has 1 aliphatic carbocycles. The largest absolute Gasteiger partial charge is 0.494 e. The Morgan fingerprint density at radius 3 is 2.49 bits per heavy atom. The minimum absolute atomic E-state index is 0.0100. The normalized spacial score (nSPS) is 18.5. The van der Waals surface area contributed by atoms with E-state index in [1.807, 2.05) is 61.5 Å². The van der Waals surface area contributed by atoms with Crippen LogP contribution in [0.1, 0.15) is 73.0 Å². The summed E-state index contributed by atoms with van der Waals surface area (Å²) in [6, 6.07) is 17.7. The summed E-state index contributed by atoms with van der Waals surface area (Å²) in [5, 5.41) is 0. The van der Waals surface area contributed by atoms with Crippen LogP contribution in [0.25, 0.3) is 0 Å². The lowest BCUT2D eigenvalue weighted by atomic mass is 9.84. The number of carbonyl (C=O) groups is 3. The third-order valence-electron chi connectivity index (χ3n) is 9.44. The maximum atomic E-state index is 15.3. The molecule has 1 saturated heterocycles. The van der Waals surface area contributed by atoms with Gasteiger partial charge in [-0.2, -0.15) is 0 Å². The number of amides is 2. The first kappa shape index (κ1) is 30.8. The predicted octanol–water partition coefficient (Wildman–Crippen LogP) is 6.34. The first-order valence-electron chi connectivity index (χ1n) is 16.0. The summed E-state index contributed by atoms with van der Waals surface area (Å²) in [5.74, 6) is 0.0498. The van der Waals surface area contributed by atoms with Crippen LogP contribution in [0.3, 0.4) is 0 Å². The maximum absolute atomic E-state index is 15.3. The van der Waals surface area contributed by atoms with Gasteiger partial charge in [-0.25, -0.2) is 9.18 Å². The van der Waals surface area contributed by atoms with Crippen LogP contribution in [-0.4, -0.2) is 53.8 Å². The van der Waals surface area contributed by atoms with Gasteiger partial charge in [-0.05, 0) is 83.2 Å². The van der Waals surface area contributed by atoms with Crippen LogP contribution < -0.4 is 4.74 Å². The van der Waals surface area contributed by atoms with E-state index in [2.05, 4.69) is 13.8 Å². The topological polar surface area (TPSA) is 76.2 Å². The number of halogens is 1. The Kier molecular flexibility index (Phi) is 8.67. The van der Waals surface area contributed by atoms with Crippen molar-refractivity contribution in [3.8, 4) is 5.75 Å². The highest BCUT2D eigenvalue weighted by Gasteiger charge is 2.42. The van der Waals surface area contributed by atoms with Crippen molar-refractivity contribution < 1.29 is 28.2 Å². The van der Waals surface area contributed by atoms with E-state index in [0.717, 1.165) is 46.4 Å². The standard InChI is InChI=1S/C37H41FN2O5/c1-4-44-29-10-11-30-27(20-29)13-15-40(35(30)32(41)18-25-16-28-12-14-37(2,3)34(28)31(38)17-25)36(43)39-21-26(22-39)19-33(42)45-23-24-8-6-5-7-9-24/h5-11,16-17,20,26,35H,4,12-15,18-19,21-23H2,1-3H3/t35-/m1/s1. The van der Waals surface area contributed by atoms with E-state index in [1.54, 1.807) is 9.80 Å². The molecule has 3 aromatic carbocycles. The second kappa shape index (κ2) is 12.7. The SMILES string of the molecule is CCOc1ccc2c(c1)CCN(C(=O)N1CC(CC(=O)OCc3ccccc3)C1)[C@H]2C(=O)Cc1cc(F)c2c(c1)CCC2(C)C. The van der Waals surface area contributed by atoms with Gasteiger partial charge in [-0.1, -0.05) is 56.3 Å². The molecule has 0 N–H and O–H groups in total. The molecule has 7 nitrogen and oxygen atoms in total. The van der Waals surface area contributed by atoms with E-state index < -0.39 is 6.04 Å². The summed E-state index contributed by atoms with van der Waals surface area (Å²) in [5.41, 5.74) is 4.82. The lowest BCUT2D eigenvalue weighted by Crippen LogP contribution is -2.57. The Labute approximate surface area is 264 Å². The van der Waals surface area contributed by atoms with Crippen molar-refractivity contribution in [3.05, 3.63) is 99.9 Å². The molecule has 2 amide bonds. The zero-order valence-corrected chi connectivity index (χ0v) is 26.3. The number of Topliss-reactive ketones (excluding diaryl/α,β-unsaturated/α-hetero) is 1. The summed E-state index contributed by atoms with van der Waals surface area (Å²) in [7, 11) is 0. The molecule has 2 aliphatic heterocycles. The van der Waals surface area contributed by atoms with E-state index in [4.69, 9.17) is 9.47 Å². The minimum Gasteiger partial charge on any atom is -0.494 e. The Morgan fingerprint density at radius 2 is 1.73 bits per heavy atom. The Balaban J connectivity index is 1.16. The van der Waals surface area contributed by atoms with Gasteiger partial charge in [0.05, 0.1) is 13.0 Å². The number of rotatable bonds is 9. The van der Waals surface area contributed by atoms with Crippen LogP contribution in [0.5, 0.6) is 5.75 Å². The Morgan fingerprint density at radius 1 is 0.956 bits per heavy atom. The maximum Gasteiger partial charge on any atom is 0.320 e. The monoisotopic (exact) mass is 612 g/mol. The molecule has 0 aromatic heterocycles. The van der Waals surface area contributed by atoms with Crippen molar-refractivity contribution in [1.29, 1.82) is 0 Å². The Bertz CT molecular complexity index is 1600. The van der Waals surface area contributed by atoms with Gasteiger partial charge in [0.2, 0.25) is 0 Å². The number of aryl methyl sites for hydroxylation is 1. The van der Waals surface area contributed by atoms with Gasteiger partial charge in [0.1, 0.15) is 24.2 Å². The highest BCUT2D eigenvalue weighted by atomic mass is 19.1. The fourth-order valence-electron chi connectivity index (χ4n) is 7.14. The van der Waals surface area contributed by atoms with Gasteiger partial charge in [0.15, 0.2) is 5.78 Å². The van der Waals surface area contributed by atoms with E-state index in [-0.39, 0.29) is 54.4 Å². The molecule has 0 unspecified atom stereocenters. The molecule has 236 valence electrons. The second-order valence-electron chi connectivity index (χ2n) is 13.2. The molecule has 45 heavy (non-hydrogen) atoms. The van der Waals surface area contributed by atoms with E-state index in [9.17, 15) is 14.4 Å². The zero-order valence-electron chi connectivity index (χ0n) is 26.3. The summed E-state index contributed by atoms with van der Waals surface area (Å²) >= 11 is 0. The molecular formula is C37H41FN2O5. The average molecular weight is 613 g/mol. The number of hydrogen-bond acceptors (Lipinski definition) is 5. The molecule has 0 radical (unpaired) electrons. The number of ketones is 1. The molecule has 0 saturated carbocycles. The highest BCUT2D eigenvalue weighted by Crippen LogP contribution is 2.41. The molecule has 2 heterocycles. The minimum atomic E-state index is -0.792. The summed E-state index contributed by atoms with van der Waals surface area (Å²) in [6.45, 7) is 8.03. The lowest BCUT2D eigenvalue weighted by molar-refractivity contribution is -0.147. The van der Waals surface area contributed by atoms with Gasteiger partial charge in [-0.15, -0.1) is 0 Å². The van der Waals surface area contributed by atoms with E-state index >= 15 is 4.39 Å².